The van der Waals surface area contributed by atoms with Gasteiger partial charge >= 0.3 is 6.18 Å². The summed E-state index contributed by atoms with van der Waals surface area (Å²) in [4.78, 5) is 12.8. The molecule has 12 heteroatoms. The van der Waals surface area contributed by atoms with Gasteiger partial charge in [-0.15, -0.1) is 11.3 Å². The molecule has 3 aromatic rings. The molecule has 1 fully saturated rings. The molecule has 2 aromatic heterocycles. The molecule has 0 saturated carbocycles. The Morgan fingerprint density at radius 1 is 1.22 bits per heavy atom. The van der Waals surface area contributed by atoms with E-state index in [2.05, 4.69) is 25.6 Å². The van der Waals surface area contributed by atoms with Crippen LogP contribution in [0.5, 0.6) is 0 Å². The highest BCUT2D eigenvalue weighted by molar-refractivity contribution is 8.24. The highest BCUT2D eigenvalue weighted by Crippen LogP contribution is 2.45. The van der Waals surface area contributed by atoms with E-state index in [1.54, 1.807) is 12.3 Å². The SMILES string of the molecule is Cc1cc(Nc2nccc(C(F)(F)F)n2)cc(-c2cnc(CNC3CCS(O)(O)C3)s2)c1. The van der Waals surface area contributed by atoms with Gasteiger partial charge in [0.15, 0.2) is 0 Å². The third-order valence-corrected chi connectivity index (χ3v) is 7.79. The van der Waals surface area contributed by atoms with Crippen molar-refractivity contribution in [3.05, 3.63) is 52.9 Å². The number of alkyl halides is 3. The van der Waals surface area contributed by atoms with Gasteiger partial charge in [0, 0.05) is 36.4 Å². The minimum Gasteiger partial charge on any atom is -0.324 e. The van der Waals surface area contributed by atoms with E-state index >= 15 is 0 Å². The molecule has 0 aliphatic carbocycles. The van der Waals surface area contributed by atoms with E-state index in [1.165, 1.54) is 11.3 Å². The molecule has 7 nitrogen and oxygen atoms in total. The molecule has 4 N–H and O–H groups in total. The quantitative estimate of drug-likeness (QED) is 0.376. The number of nitrogens with one attached hydrogen (secondary N) is 2. The molecule has 1 aromatic carbocycles. The molecule has 0 bridgehead atoms. The maximum absolute atomic E-state index is 12.9. The van der Waals surface area contributed by atoms with Crippen LogP contribution in [0.2, 0.25) is 0 Å². The van der Waals surface area contributed by atoms with Gasteiger partial charge in [0.25, 0.3) is 0 Å². The first-order valence-electron chi connectivity index (χ1n) is 9.78. The van der Waals surface area contributed by atoms with Crippen LogP contribution in [0.4, 0.5) is 24.8 Å². The fourth-order valence-electron chi connectivity index (χ4n) is 3.44. The smallest absolute Gasteiger partial charge is 0.324 e. The average Bonchev–Trinajstić information content (AvgIpc) is 3.31. The molecular formula is C20H22F3N5O2S2. The van der Waals surface area contributed by atoms with Crippen LogP contribution >= 0.6 is 21.9 Å². The highest BCUT2D eigenvalue weighted by Gasteiger charge is 2.32. The molecule has 1 unspecified atom stereocenters. The molecule has 1 aliphatic rings. The Morgan fingerprint density at radius 2 is 2.03 bits per heavy atom. The van der Waals surface area contributed by atoms with E-state index in [4.69, 9.17) is 0 Å². The number of hydrogen-bond donors (Lipinski definition) is 4. The van der Waals surface area contributed by atoms with E-state index in [1.807, 2.05) is 19.1 Å². The van der Waals surface area contributed by atoms with Crippen LogP contribution in [0.1, 0.15) is 22.7 Å². The van der Waals surface area contributed by atoms with Crippen LogP contribution in [0, 0.1) is 6.92 Å². The standard InChI is InChI=1S/C20H22F3N5O2S2/c1-12-6-13(8-15(7-12)27-19-24-4-2-17(28-19)20(21,22)23)16-9-26-18(31-16)10-25-14-3-5-32(29,30)11-14/h2,4,6-9,14,25,29-30H,3,5,10-11H2,1H3,(H,24,27,28). The normalized spacial score (nSPS) is 19.1. The van der Waals surface area contributed by atoms with Crippen LogP contribution in [-0.2, 0) is 12.7 Å². The minimum absolute atomic E-state index is 0.0644. The molecule has 172 valence electrons. The van der Waals surface area contributed by atoms with E-state index < -0.39 is 22.5 Å². The Kier molecular flexibility index (Phi) is 6.41. The summed E-state index contributed by atoms with van der Waals surface area (Å²) in [6, 6.07) is 6.47. The van der Waals surface area contributed by atoms with Crippen LogP contribution in [0.25, 0.3) is 10.4 Å². The van der Waals surface area contributed by atoms with Gasteiger partial charge in [0.2, 0.25) is 5.95 Å². The lowest BCUT2D eigenvalue weighted by Gasteiger charge is -2.26. The summed E-state index contributed by atoms with van der Waals surface area (Å²) in [5, 5.41) is 7.03. The first kappa shape index (κ1) is 22.9. The Hall–Kier alpha value is -2.25. The van der Waals surface area contributed by atoms with Gasteiger partial charge in [0.05, 0.1) is 10.6 Å². The monoisotopic (exact) mass is 485 g/mol. The average molecular weight is 486 g/mol. The van der Waals surface area contributed by atoms with Crippen molar-refractivity contribution in [1.82, 2.24) is 20.3 Å². The van der Waals surface area contributed by atoms with Crippen LogP contribution < -0.4 is 10.6 Å². The fraction of sp³-hybridized carbons (Fsp3) is 0.350. The largest absolute Gasteiger partial charge is 0.433 e. The minimum atomic E-state index is -4.54. The highest BCUT2D eigenvalue weighted by atomic mass is 32.3. The lowest BCUT2D eigenvalue weighted by atomic mass is 10.1. The van der Waals surface area contributed by atoms with Gasteiger partial charge in [-0.25, -0.2) is 15.0 Å². The van der Waals surface area contributed by atoms with Crippen molar-refractivity contribution in [1.29, 1.82) is 0 Å². The molecule has 0 amide bonds. The lowest BCUT2D eigenvalue weighted by molar-refractivity contribution is -0.141. The number of benzene rings is 1. The number of aromatic nitrogens is 3. The molecule has 1 atom stereocenters. The Morgan fingerprint density at radius 3 is 2.75 bits per heavy atom. The van der Waals surface area contributed by atoms with Gasteiger partial charge in [0.1, 0.15) is 10.7 Å². The molecular weight excluding hydrogens is 463 g/mol. The van der Waals surface area contributed by atoms with E-state index in [0.717, 1.165) is 39.7 Å². The van der Waals surface area contributed by atoms with Crippen molar-refractivity contribution in [2.24, 2.45) is 0 Å². The summed E-state index contributed by atoms with van der Waals surface area (Å²) in [5.41, 5.74) is 1.36. The van der Waals surface area contributed by atoms with Crippen molar-refractivity contribution in [3.8, 4) is 10.4 Å². The van der Waals surface area contributed by atoms with Gasteiger partial charge < -0.3 is 10.6 Å². The van der Waals surface area contributed by atoms with Crippen molar-refractivity contribution in [2.45, 2.75) is 32.1 Å². The number of aryl methyl sites for hydroxylation is 1. The van der Waals surface area contributed by atoms with Gasteiger partial charge in [-0.1, -0.05) is 6.07 Å². The zero-order chi connectivity index (χ0) is 22.9. The topological polar surface area (TPSA) is 103 Å². The number of halogens is 3. The molecule has 0 spiro atoms. The summed E-state index contributed by atoms with van der Waals surface area (Å²) in [7, 11) is -2.44. The second-order valence-electron chi connectivity index (χ2n) is 7.63. The zero-order valence-electron chi connectivity index (χ0n) is 17.1. The van der Waals surface area contributed by atoms with Crippen molar-refractivity contribution >= 4 is 33.6 Å². The summed E-state index contributed by atoms with van der Waals surface area (Å²) < 4.78 is 58.2. The fourth-order valence-corrected chi connectivity index (χ4v) is 6.05. The number of anilines is 2. The van der Waals surface area contributed by atoms with E-state index in [9.17, 15) is 22.3 Å². The third-order valence-electron chi connectivity index (χ3n) is 4.92. The maximum atomic E-state index is 12.9. The Labute approximate surface area is 188 Å². The number of thiazole rings is 1. The Bertz CT molecular complexity index is 1110. The first-order valence-corrected chi connectivity index (χ1v) is 12.5. The van der Waals surface area contributed by atoms with Crippen LogP contribution in [-0.4, -0.2) is 41.6 Å². The van der Waals surface area contributed by atoms with Crippen LogP contribution in [0.15, 0.2) is 36.7 Å². The third kappa shape index (κ3) is 5.75. The van der Waals surface area contributed by atoms with Crippen LogP contribution in [0.3, 0.4) is 0 Å². The van der Waals surface area contributed by atoms with Crippen molar-refractivity contribution in [3.63, 3.8) is 0 Å². The van der Waals surface area contributed by atoms with Gasteiger partial charge in [-0.2, -0.15) is 23.8 Å². The molecule has 1 saturated heterocycles. The maximum Gasteiger partial charge on any atom is 0.433 e. The second kappa shape index (κ2) is 8.94. The summed E-state index contributed by atoms with van der Waals surface area (Å²) in [6.45, 7) is 2.42. The zero-order valence-corrected chi connectivity index (χ0v) is 18.7. The lowest BCUT2D eigenvalue weighted by Crippen LogP contribution is -2.28. The summed E-state index contributed by atoms with van der Waals surface area (Å²) in [6.07, 6.45) is -0.991. The Balaban J connectivity index is 1.46. The van der Waals surface area contributed by atoms with E-state index in [-0.39, 0.29) is 12.0 Å². The van der Waals surface area contributed by atoms with Crippen molar-refractivity contribution in [2.75, 3.05) is 16.8 Å². The number of hydrogen-bond acceptors (Lipinski definition) is 8. The number of nitrogens with zero attached hydrogens (tertiary/aromatic N) is 3. The first-order chi connectivity index (χ1) is 15.1. The predicted octanol–water partition coefficient (Wildman–Crippen LogP) is 5.28. The summed E-state index contributed by atoms with van der Waals surface area (Å²) >= 11 is 1.50. The molecule has 1 aliphatic heterocycles. The van der Waals surface area contributed by atoms with Gasteiger partial charge in [-0.05, 0) is 42.7 Å². The predicted molar refractivity (Wildman–Crippen MR) is 120 cm³/mol. The van der Waals surface area contributed by atoms with Gasteiger partial charge in [-0.3, -0.25) is 9.11 Å². The second-order valence-corrected chi connectivity index (χ2v) is 11.1. The molecule has 0 radical (unpaired) electrons. The molecule has 32 heavy (non-hydrogen) atoms. The molecule has 3 heterocycles. The summed E-state index contributed by atoms with van der Waals surface area (Å²) in [5.74, 6) is 0.672. The van der Waals surface area contributed by atoms with E-state index in [0.29, 0.717) is 23.7 Å². The number of rotatable bonds is 6. The molecule has 4 rings (SSSR count). The van der Waals surface area contributed by atoms with Crippen molar-refractivity contribution < 1.29 is 22.3 Å².